The second kappa shape index (κ2) is 14.6. The molecule has 0 spiro atoms. The number of aromatic nitrogens is 2. The second-order valence-corrected chi connectivity index (χ2v) is 10.7. The number of benzene rings is 2. The molecule has 45 heavy (non-hydrogen) atoms. The SMILES string of the molecule is Nc1cnc(-c2cccc(F)c2)n(CC(=O)NC(Cc2ccccc2)C(=O)C(F)(F)C(=O)NCC(=O)N2CCCCCC2)c1=O. The van der Waals surface area contributed by atoms with Crippen LogP contribution in [0.25, 0.3) is 11.4 Å². The van der Waals surface area contributed by atoms with Gasteiger partial charge in [-0.3, -0.25) is 28.5 Å². The van der Waals surface area contributed by atoms with Crippen molar-refractivity contribution in [2.75, 3.05) is 25.4 Å². The first-order chi connectivity index (χ1) is 21.5. The number of nitrogen functional groups attached to an aromatic ring is 1. The minimum absolute atomic E-state index is 0.131. The molecule has 0 bridgehead atoms. The standard InChI is InChI=1S/C31H33F3N6O5/c32-22-12-8-11-21(16-22)28-36-17-23(35)29(44)40(28)19-25(41)38-24(15-20-9-4-3-5-10-20)27(43)31(33,34)30(45)37-18-26(42)39-13-6-1-2-7-14-39/h3-5,8-12,16-17,24H,1-2,6-7,13-15,18-19,35H2,(H,37,45)(H,38,41). The van der Waals surface area contributed by atoms with Gasteiger partial charge in [0.1, 0.15) is 23.9 Å². The Labute approximate surface area is 256 Å². The van der Waals surface area contributed by atoms with Crippen LogP contribution in [0.3, 0.4) is 0 Å². The molecule has 1 unspecified atom stereocenters. The molecule has 14 heteroatoms. The van der Waals surface area contributed by atoms with E-state index in [1.165, 1.54) is 17.0 Å². The van der Waals surface area contributed by atoms with Crippen LogP contribution in [-0.4, -0.2) is 69.6 Å². The van der Waals surface area contributed by atoms with E-state index in [9.17, 15) is 28.4 Å². The quantitative estimate of drug-likeness (QED) is 0.275. The summed E-state index contributed by atoms with van der Waals surface area (Å²) >= 11 is 0. The molecule has 2 heterocycles. The third-order valence-electron chi connectivity index (χ3n) is 7.35. The van der Waals surface area contributed by atoms with Gasteiger partial charge in [0.2, 0.25) is 17.6 Å². The molecule has 1 atom stereocenters. The highest BCUT2D eigenvalue weighted by Crippen LogP contribution is 2.21. The van der Waals surface area contributed by atoms with E-state index in [0.29, 0.717) is 18.7 Å². The van der Waals surface area contributed by atoms with E-state index >= 15 is 8.78 Å². The van der Waals surface area contributed by atoms with Crippen molar-refractivity contribution in [2.45, 2.75) is 50.6 Å². The molecule has 0 saturated carbocycles. The van der Waals surface area contributed by atoms with Crippen molar-refractivity contribution in [1.29, 1.82) is 0 Å². The minimum atomic E-state index is -4.62. The number of amides is 3. The summed E-state index contributed by atoms with van der Waals surface area (Å²) in [5.74, 6) is -10.9. The van der Waals surface area contributed by atoms with Crippen molar-refractivity contribution in [1.82, 2.24) is 25.1 Å². The smallest absolute Gasteiger partial charge is 0.383 e. The molecule has 238 valence electrons. The van der Waals surface area contributed by atoms with Crippen LogP contribution in [0.1, 0.15) is 31.2 Å². The lowest BCUT2D eigenvalue weighted by Crippen LogP contribution is -2.56. The number of carbonyl (C=O) groups is 4. The molecule has 4 N–H and O–H groups in total. The minimum Gasteiger partial charge on any atom is -0.393 e. The van der Waals surface area contributed by atoms with Gasteiger partial charge in [0.15, 0.2) is 0 Å². The summed E-state index contributed by atoms with van der Waals surface area (Å²) in [4.78, 5) is 69.8. The van der Waals surface area contributed by atoms with Crippen molar-refractivity contribution in [3.8, 4) is 11.4 Å². The normalized spacial score (nSPS) is 14.2. The number of ketones is 1. The lowest BCUT2D eigenvalue weighted by atomic mass is 9.98. The number of anilines is 1. The number of rotatable bonds is 11. The Kier molecular flexibility index (Phi) is 10.7. The fraction of sp³-hybridized carbons (Fsp3) is 0.355. The number of halogens is 3. The number of nitrogens with two attached hydrogens (primary N) is 1. The second-order valence-electron chi connectivity index (χ2n) is 10.7. The van der Waals surface area contributed by atoms with Gasteiger partial charge in [0, 0.05) is 25.1 Å². The summed E-state index contributed by atoms with van der Waals surface area (Å²) in [5, 5.41) is 4.07. The molecule has 3 amide bonds. The highest BCUT2D eigenvalue weighted by molar-refractivity contribution is 6.11. The molecule has 1 aliphatic heterocycles. The highest BCUT2D eigenvalue weighted by atomic mass is 19.3. The molecule has 2 aromatic carbocycles. The summed E-state index contributed by atoms with van der Waals surface area (Å²) in [6, 6.07) is 11.1. The van der Waals surface area contributed by atoms with Gasteiger partial charge < -0.3 is 21.3 Å². The van der Waals surface area contributed by atoms with Crippen molar-refractivity contribution in [3.05, 3.63) is 82.5 Å². The van der Waals surface area contributed by atoms with Gasteiger partial charge in [-0.25, -0.2) is 9.37 Å². The number of carbonyl (C=O) groups excluding carboxylic acids is 4. The average Bonchev–Trinajstić information content (AvgIpc) is 3.32. The number of hydrogen-bond donors (Lipinski definition) is 3. The fourth-order valence-electron chi connectivity index (χ4n) is 4.98. The molecule has 1 aromatic heterocycles. The molecular weight excluding hydrogens is 593 g/mol. The molecule has 0 aliphatic carbocycles. The molecular formula is C31H33F3N6O5. The Balaban J connectivity index is 1.53. The number of hydrogen-bond acceptors (Lipinski definition) is 7. The summed E-state index contributed by atoms with van der Waals surface area (Å²) in [5.41, 5.74) is 5.03. The summed E-state index contributed by atoms with van der Waals surface area (Å²) in [7, 11) is 0. The highest BCUT2D eigenvalue weighted by Gasteiger charge is 2.50. The molecule has 1 aliphatic rings. The first-order valence-electron chi connectivity index (χ1n) is 14.4. The number of nitrogens with one attached hydrogen (secondary N) is 2. The van der Waals surface area contributed by atoms with Gasteiger partial charge in [0.05, 0.1) is 18.8 Å². The van der Waals surface area contributed by atoms with Crippen LogP contribution in [0, 0.1) is 5.82 Å². The van der Waals surface area contributed by atoms with Crippen molar-refractivity contribution in [3.63, 3.8) is 0 Å². The number of nitrogens with zero attached hydrogens (tertiary/aromatic N) is 3. The summed E-state index contributed by atoms with van der Waals surface area (Å²) < 4.78 is 45.3. The van der Waals surface area contributed by atoms with Crippen molar-refractivity contribution in [2.24, 2.45) is 0 Å². The van der Waals surface area contributed by atoms with Crippen LogP contribution in [0.2, 0.25) is 0 Å². The molecule has 1 fully saturated rings. The number of likely N-dealkylation sites (tertiary alicyclic amines) is 1. The predicted molar refractivity (Wildman–Crippen MR) is 158 cm³/mol. The predicted octanol–water partition coefficient (Wildman–Crippen LogP) is 2.08. The third kappa shape index (κ3) is 8.34. The van der Waals surface area contributed by atoms with Gasteiger partial charge in [-0.1, -0.05) is 55.3 Å². The average molecular weight is 627 g/mol. The Bertz CT molecular complexity index is 1610. The zero-order valence-corrected chi connectivity index (χ0v) is 24.3. The number of Topliss-reactive ketones (excluding diaryl/α,β-unsaturated/α-hetero) is 1. The zero-order valence-electron chi connectivity index (χ0n) is 24.3. The lowest BCUT2D eigenvalue weighted by molar-refractivity contribution is -0.161. The van der Waals surface area contributed by atoms with Crippen LogP contribution in [0.15, 0.2) is 65.6 Å². The van der Waals surface area contributed by atoms with Crippen molar-refractivity contribution >= 4 is 29.2 Å². The van der Waals surface area contributed by atoms with E-state index in [0.717, 1.165) is 48.6 Å². The van der Waals surface area contributed by atoms with E-state index in [1.807, 2.05) is 5.32 Å². The van der Waals surface area contributed by atoms with Gasteiger partial charge in [-0.2, -0.15) is 8.78 Å². The molecule has 4 rings (SSSR count). The van der Waals surface area contributed by atoms with Crippen LogP contribution < -0.4 is 21.9 Å². The number of alkyl halides is 2. The van der Waals surface area contributed by atoms with Crippen LogP contribution in [0.5, 0.6) is 0 Å². The van der Waals surface area contributed by atoms with Gasteiger partial charge in [-0.05, 0) is 30.5 Å². The van der Waals surface area contributed by atoms with Crippen LogP contribution >= 0.6 is 0 Å². The lowest BCUT2D eigenvalue weighted by Gasteiger charge is -2.24. The van der Waals surface area contributed by atoms with Gasteiger partial charge in [0.25, 0.3) is 11.5 Å². The maximum absolute atomic E-state index is 15.3. The monoisotopic (exact) mass is 626 g/mol. The maximum Gasteiger partial charge on any atom is 0.383 e. The van der Waals surface area contributed by atoms with Crippen LogP contribution in [0.4, 0.5) is 18.9 Å². The van der Waals surface area contributed by atoms with Crippen LogP contribution in [-0.2, 0) is 32.1 Å². The first-order valence-corrected chi connectivity index (χ1v) is 14.4. The fourth-order valence-corrected chi connectivity index (χ4v) is 4.98. The third-order valence-corrected chi connectivity index (χ3v) is 7.35. The topological polar surface area (TPSA) is 156 Å². The Morgan fingerprint density at radius 2 is 1.67 bits per heavy atom. The van der Waals surface area contributed by atoms with E-state index in [1.54, 1.807) is 30.3 Å². The summed E-state index contributed by atoms with van der Waals surface area (Å²) in [6.45, 7) is -0.640. The Hall–Kier alpha value is -5.01. The molecule has 11 nitrogen and oxygen atoms in total. The zero-order chi connectivity index (χ0) is 32.6. The summed E-state index contributed by atoms with van der Waals surface area (Å²) in [6.07, 6.45) is 4.02. The Morgan fingerprint density at radius 3 is 2.33 bits per heavy atom. The molecule has 3 aromatic rings. The van der Waals surface area contributed by atoms with E-state index in [4.69, 9.17) is 5.73 Å². The van der Waals surface area contributed by atoms with Gasteiger partial charge in [-0.15, -0.1) is 0 Å². The first kappa shape index (κ1) is 32.9. The molecule has 0 radical (unpaired) electrons. The molecule has 1 saturated heterocycles. The largest absolute Gasteiger partial charge is 0.393 e. The maximum atomic E-state index is 15.3. The van der Waals surface area contributed by atoms with Crippen molar-refractivity contribution < 1.29 is 32.3 Å². The van der Waals surface area contributed by atoms with Gasteiger partial charge >= 0.3 is 5.92 Å². The Morgan fingerprint density at radius 1 is 0.978 bits per heavy atom. The van der Waals surface area contributed by atoms with E-state index < -0.39 is 66.4 Å². The van der Waals surface area contributed by atoms with E-state index in [2.05, 4.69) is 10.3 Å². The van der Waals surface area contributed by atoms with E-state index in [-0.39, 0.29) is 17.1 Å².